The predicted octanol–water partition coefficient (Wildman–Crippen LogP) is 3.91. The molecule has 1 fully saturated rings. The standard InChI is InChI=1S/C15H25NO2/c1-4-6-10-14(5-2)12-18-15(17)16-11-8-7-9-13(16)3/h4,6,10,13H,5,7-9,11-12H2,1-3H3/b6-4-,14-10+. The van der Waals surface area contributed by atoms with E-state index in [0.717, 1.165) is 31.4 Å². The van der Waals surface area contributed by atoms with Crippen molar-refractivity contribution in [3.05, 3.63) is 23.8 Å². The summed E-state index contributed by atoms with van der Waals surface area (Å²) in [4.78, 5) is 13.8. The lowest BCUT2D eigenvalue weighted by Crippen LogP contribution is -2.42. The molecule has 1 heterocycles. The van der Waals surface area contributed by atoms with E-state index in [1.807, 2.05) is 30.1 Å². The van der Waals surface area contributed by atoms with Crippen LogP contribution >= 0.6 is 0 Å². The summed E-state index contributed by atoms with van der Waals surface area (Å²) in [6.07, 6.45) is 10.1. The summed E-state index contributed by atoms with van der Waals surface area (Å²) < 4.78 is 5.39. The normalized spacial score (nSPS) is 21.4. The van der Waals surface area contributed by atoms with Gasteiger partial charge in [0.1, 0.15) is 6.61 Å². The Morgan fingerprint density at radius 2 is 2.22 bits per heavy atom. The third-order valence-corrected chi connectivity index (χ3v) is 3.40. The van der Waals surface area contributed by atoms with Gasteiger partial charge in [0.2, 0.25) is 0 Å². The Kier molecular flexibility index (Phi) is 6.55. The van der Waals surface area contributed by atoms with Crippen molar-refractivity contribution in [3.63, 3.8) is 0 Å². The van der Waals surface area contributed by atoms with E-state index in [0.29, 0.717) is 12.6 Å². The lowest BCUT2D eigenvalue weighted by Gasteiger charge is -2.32. The van der Waals surface area contributed by atoms with E-state index < -0.39 is 0 Å². The van der Waals surface area contributed by atoms with Crippen LogP contribution < -0.4 is 0 Å². The molecule has 0 aromatic rings. The van der Waals surface area contributed by atoms with Crippen molar-refractivity contribution in [2.24, 2.45) is 0 Å². The van der Waals surface area contributed by atoms with Crippen LogP contribution in [0, 0.1) is 0 Å². The quantitative estimate of drug-likeness (QED) is 0.709. The second-order valence-electron chi connectivity index (χ2n) is 4.80. The second-order valence-corrected chi connectivity index (χ2v) is 4.80. The fraction of sp³-hybridized carbons (Fsp3) is 0.667. The highest BCUT2D eigenvalue weighted by atomic mass is 16.6. The van der Waals surface area contributed by atoms with Gasteiger partial charge in [0.25, 0.3) is 0 Å². The van der Waals surface area contributed by atoms with Crippen LogP contribution in [0.4, 0.5) is 4.79 Å². The zero-order chi connectivity index (χ0) is 13.4. The fourth-order valence-corrected chi connectivity index (χ4v) is 2.11. The van der Waals surface area contributed by atoms with Gasteiger partial charge in [0, 0.05) is 12.6 Å². The first-order chi connectivity index (χ1) is 8.69. The number of nitrogens with zero attached hydrogens (tertiary/aromatic N) is 1. The van der Waals surface area contributed by atoms with Gasteiger partial charge in [0.05, 0.1) is 0 Å². The Labute approximate surface area is 110 Å². The molecule has 0 aromatic carbocycles. The Morgan fingerprint density at radius 1 is 1.44 bits per heavy atom. The van der Waals surface area contributed by atoms with Gasteiger partial charge in [-0.05, 0) is 45.1 Å². The van der Waals surface area contributed by atoms with Crippen LogP contribution in [0.15, 0.2) is 23.8 Å². The van der Waals surface area contributed by atoms with E-state index in [1.54, 1.807) is 0 Å². The van der Waals surface area contributed by atoms with Crippen LogP contribution in [0.2, 0.25) is 0 Å². The summed E-state index contributed by atoms with van der Waals surface area (Å²) in [6.45, 7) is 7.39. The van der Waals surface area contributed by atoms with Gasteiger partial charge in [-0.3, -0.25) is 0 Å². The average Bonchev–Trinajstić information content (AvgIpc) is 2.39. The van der Waals surface area contributed by atoms with E-state index in [1.165, 1.54) is 6.42 Å². The van der Waals surface area contributed by atoms with Gasteiger partial charge in [-0.15, -0.1) is 0 Å². The molecule has 1 aliphatic rings. The van der Waals surface area contributed by atoms with Crippen LogP contribution in [0.25, 0.3) is 0 Å². The minimum Gasteiger partial charge on any atom is -0.445 e. The Bertz CT molecular complexity index is 320. The first-order valence-electron chi connectivity index (χ1n) is 6.93. The number of likely N-dealkylation sites (tertiary alicyclic amines) is 1. The molecule has 18 heavy (non-hydrogen) atoms. The van der Waals surface area contributed by atoms with Gasteiger partial charge in [-0.1, -0.05) is 25.2 Å². The molecule has 3 nitrogen and oxygen atoms in total. The maximum Gasteiger partial charge on any atom is 0.410 e. The highest BCUT2D eigenvalue weighted by Gasteiger charge is 2.24. The molecule has 1 aliphatic heterocycles. The number of piperidine rings is 1. The van der Waals surface area contributed by atoms with Crippen molar-refractivity contribution < 1.29 is 9.53 Å². The zero-order valence-electron chi connectivity index (χ0n) is 11.8. The largest absolute Gasteiger partial charge is 0.445 e. The smallest absolute Gasteiger partial charge is 0.410 e. The Balaban J connectivity index is 2.44. The van der Waals surface area contributed by atoms with Crippen molar-refractivity contribution in [1.29, 1.82) is 0 Å². The molecule has 0 saturated carbocycles. The number of hydrogen-bond acceptors (Lipinski definition) is 2. The summed E-state index contributed by atoms with van der Waals surface area (Å²) in [5, 5.41) is 0. The number of allylic oxidation sites excluding steroid dienone is 3. The molecule has 0 N–H and O–H groups in total. The van der Waals surface area contributed by atoms with E-state index in [-0.39, 0.29) is 6.09 Å². The summed E-state index contributed by atoms with van der Waals surface area (Å²) in [6, 6.07) is 0.316. The molecule has 0 radical (unpaired) electrons. The number of carbonyl (C=O) groups is 1. The lowest BCUT2D eigenvalue weighted by molar-refractivity contribution is 0.0832. The van der Waals surface area contributed by atoms with E-state index >= 15 is 0 Å². The molecule has 0 aromatic heterocycles. The summed E-state index contributed by atoms with van der Waals surface area (Å²) >= 11 is 0. The van der Waals surface area contributed by atoms with Crippen LogP contribution in [0.5, 0.6) is 0 Å². The number of amides is 1. The van der Waals surface area contributed by atoms with Crippen LogP contribution in [0.3, 0.4) is 0 Å². The van der Waals surface area contributed by atoms with Crippen molar-refractivity contribution in [2.75, 3.05) is 13.2 Å². The molecule has 0 spiro atoms. The van der Waals surface area contributed by atoms with Gasteiger partial charge >= 0.3 is 6.09 Å². The second kappa shape index (κ2) is 7.96. The highest BCUT2D eigenvalue weighted by Crippen LogP contribution is 2.17. The van der Waals surface area contributed by atoms with E-state index in [2.05, 4.69) is 13.8 Å². The maximum atomic E-state index is 12.0. The Morgan fingerprint density at radius 3 is 2.83 bits per heavy atom. The molecule has 1 atom stereocenters. The van der Waals surface area contributed by atoms with Crippen LogP contribution in [-0.4, -0.2) is 30.2 Å². The average molecular weight is 251 g/mol. The summed E-state index contributed by atoms with van der Waals surface area (Å²) in [7, 11) is 0. The molecule has 102 valence electrons. The van der Waals surface area contributed by atoms with Gasteiger partial charge in [-0.2, -0.15) is 0 Å². The zero-order valence-corrected chi connectivity index (χ0v) is 11.8. The third-order valence-electron chi connectivity index (χ3n) is 3.40. The monoisotopic (exact) mass is 251 g/mol. The fourth-order valence-electron chi connectivity index (χ4n) is 2.11. The van der Waals surface area contributed by atoms with Crippen LogP contribution in [-0.2, 0) is 4.74 Å². The minimum absolute atomic E-state index is 0.165. The van der Waals surface area contributed by atoms with E-state index in [9.17, 15) is 4.79 Å². The summed E-state index contributed by atoms with van der Waals surface area (Å²) in [5.41, 5.74) is 1.14. The van der Waals surface area contributed by atoms with Gasteiger partial charge in [-0.25, -0.2) is 4.79 Å². The molecule has 1 saturated heterocycles. The van der Waals surface area contributed by atoms with E-state index in [4.69, 9.17) is 4.74 Å². The number of carbonyl (C=O) groups excluding carboxylic acids is 1. The van der Waals surface area contributed by atoms with Gasteiger partial charge < -0.3 is 9.64 Å². The molecular formula is C15H25NO2. The topological polar surface area (TPSA) is 29.5 Å². The van der Waals surface area contributed by atoms with Crippen molar-refractivity contribution >= 4 is 6.09 Å². The maximum absolute atomic E-state index is 12.0. The first-order valence-corrected chi connectivity index (χ1v) is 6.93. The molecule has 1 rings (SSSR count). The van der Waals surface area contributed by atoms with Crippen LogP contribution in [0.1, 0.15) is 46.5 Å². The lowest BCUT2D eigenvalue weighted by atomic mass is 10.0. The molecule has 0 bridgehead atoms. The van der Waals surface area contributed by atoms with Crippen molar-refractivity contribution in [3.8, 4) is 0 Å². The first kappa shape index (κ1) is 14.8. The highest BCUT2D eigenvalue weighted by molar-refractivity contribution is 5.68. The van der Waals surface area contributed by atoms with Crippen molar-refractivity contribution in [1.82, 2.24) is 4.90 Å². The Hall–Kier alpha value is -1.25. The molecule has 1 unspecified atom stereocenters. The molecule has 0 aliphatic carbocycles. The molecule has 3 heteroatoms. The minimum atomic E-state index is -0.165. The SMILES string of the molecule is C/C=C\C=C(/CC)COC(=O)N1CCCCC1C. The van der Waals surface area contributed by atoms with Crippen molar-refractivity contribution in [2.45, 2.75) is 52.5 Å². The third kappa shape index (κ3) is 4.55. The molecule has 1 amide bonds. The predicted molar refractivity (Wildman–Crippen MR) is 74.6 cm³/mol. The number of ether oxygens (including phenoxy) is 1. The van der Waals surface area contributed by atoms with Gasteiger partial charge in [0.15, 0.2) is 0 Å². The number of rotatable bonds is 4. The number of hydrogen-bond donors (Lipinski definition) is 0. The molecular weight excluding hydrogens is 226 g/mol. The summed E-state index contributed by atoms with van der Waals surface area (Å²) in [5.74, 6) is 0.